The molecular formula is C11H17Cl3I2N5O4S2-. The van der Waals surface area contributed by atoms with Crippen molar-refractivity contribution in [2.75, 3.05) is 56.3 Å². The number of alkyl halides is 2. The Morgan fingerprint density at radius 1 is 0.926 bits per heavy atom. The van der Waals surface area contributed by atoms with E-state index in [4.69, 9.17) is 34.8 Å². The van der Waals surface area contributed by atoms with Gasteiger partial charge in [0.2, 0.25) is 0 Å². The quantitative estimate of drug-likeness (QED) is 0.147. The summed E-state index contributed by atoms with van der Waals surface area (Å²) in [4.78, 5) is 13.6. The van der Waals surface area contributed by atoms with Crippen LogP contribution in [0.5, 0.6) is 0 Å². The van der Waals surface area contributed by atoms with Crippen molar-refractivity contribution in [3.63, 3.8) is 0 Å². The molecule has 0 unspecified atom stereocenters. The van der Waals surface area contributed by atoms with Crippen molar-refractivity contribution < 1.29 is 34.3 Å². The fraction of sp³-hybridized carbons (Fsp3) is 0.727. The molecular weight excluding hydrogens is 690 g/mol. The maximum atomic E-state index is 12.0. The summed E-state index contributed by atoms with van der Waals surface area (Å²) in [5.41, 5.74) is 0. The van der Waals surface area contributed by atoms with E-state index >= 15 is 0 Å². The number of anilines is 2. The van der Waals surface area contributed by atoms with E-state index in [-0.39, 0.29) is 65.0 Å². The molecule has 0 atom stereocenters. The summed E-state index contributed by atoms with van der Waals surface area (Å²) < 4.78 is 50.9. The third kappa shape index (κ3) is 10.4. The van der Waals surface area contributed by atoms with Crippen molar-refractivity contribution in [3.8, 4) is 0 Å². The molecule has 1 aromatic heterocycles. The molecule has 0 aliphatic heterocycles. The molecule has 0 radical (unpaired) electrons. The van der Waals surface area contributed by atoms with Gasteiger partial charge in [0.1, 0.15) is 0 Å². The van der Waals surface area contributed by atoms with Crippen molar-refractivity contribution in [1.82, 2.24) is 15.0 Å². The topological polar surface area (TPSA) is 122 Å². The Morgan fingerprint density at radius 3 is 1.89 bits per heavy atom. The van der Waals surface area contributed by atoms with Crippen LogP contribution >= 0.6 is 53.4 Å². The van der Waals surface area contributed by atoms with Crippen LogP contribution in [0.1, 0.15) is 0 Å². The Labute approximate surface area is 194 Å². The van der Waals surface area contributed by atoms with Gasteiger partial charge in [0.25, 0.3) is 0 Å². The van der Waals surface area contributed by atoms with Crippen molar-refractivity contribution >= 4 is 85.0 Å². The SMILES string of the molecule is O=S(=O)(CCCl)CCN(CCS(=O)(=O)CCCl)c1nc(Cl)nc(N[I-]I)n1. The van der Waals surface area contributed by atoms with Gasteiger partial charge in [0, 0.05) is 0 Å². The molecule has 0 aliphatic rings. The summed E-state index contributed by atoms with van der Waals surface area (Å²) in [6.45, 7) is -0.0105. The maximum absolute atomic E-state index is 12.0. The molecule has 0 saturated carbocycles. The van der Waals surface area contributed by atoms with Gasteiger partial charge in [-0.2, -0.15) is 0 Å². The van der Waals surface area contributed by atoms with Crippen LogP contribution in [-0.4, -0.2) is 79.6 Å². The van der Waals surface area contributed by atoms with Gasteiger partial charge in [0.15, 0.2) is 0 Å². The molecule has 16 heteroatoms. The van der Waals surface area contributed by atoms with Crippen LogP contribution in [0.25, 0.3) is 0 Å². The number of nitrogens with zero attached hydrogens (tertiary/aromatic N) is 4. The van der Waals surface area contributed by atoms with Gasteiger partial charge < -0.3 is 0 Å². The zero-order valence-corrected chi connectivity index (χ0v) is 22.0. The van der Waals surface area contributed by atoms with Gasteiger partial charge in [0.05, 0.1) is 0 Å². The second-order valence-corrected chi connectivity index (χ2v) is 14.4. The third-order valence-electron chi connectivity index (χ3n) is 3.12. The van der Waals surface area contributed by atoms with Gasteiger partial charge in [-0.05, 0) is 0 Å². The zero-order valence-electron chi connectivity index (χ0n) is 13.8. The van der Waals surface area contributed by atoms with E-state index in [0.717, 1.165) is 0 Å². The Bertz CT molecular complexity index is 776. The Kier molecular flexibility index (Phi) is 12.0. The standard InChI is InChI=1S/C11H17Cl3I2N5O4S2/c12-1-5-26(22,23)7-3-21(4-8-27(24,25)6-2-13)11-18-9(14)17-10(19-11)20-16-15/h1-8H2,(H,17,18,19,20)/q-1. The molecule has 0 bridgehead atoms. The van der Waals surface area contributed by atoms with Crippen LogP contribution in [0.4, 0.5) is 11.9 Å². The molecule has 158 valence electrons. The third-order valence-corrected chi connectivity index (χ3v) is 9.43. The van der Waals surface area contributed by atoms with Crippen LogP contribution in [0.3, 0.4) is 0 Å². The van der Waals surface area contributed by atoms with Crippen LogP contribution in [0, 0.1) is 0 Å². The summed E-state index contributed by atoms with van der Waals surface area (Å²) in [5, 5.41) is -0.0754. The summed E-state index contributed by atoms with van der Waals surface area (Å²) in [6, 6.07) is 0. The van der Waals surface area contributed by atoms with Crippen LogP contribution < -0.4 is 25.9 Å². The fourth-order valence-corrected chi connectivity index (χ4v) is 6.89. The van der Waals surface area contributed by atoms with Crippen LogP contribution in [-0.2, 0) is 19.7 Å². The average Bonchev–Trinajstić information content (AvgIpc) is 2.54. The van der Waals surface area contributed by atoms with E-state index in [1.165, 1.54) is 4.90 Å². The number of aromatic nitrogens is 3. The number of sulfone groups is 2. The normalized spacial score (nSPS) is 12.3. The second kappa shape index (κ2) is 12.5. The Morgan fingerprint density at radius 2 is 1.44 bits per heavy atom. The first-order chi connectivity index (χ1) is 12.6. The Hall–Kier alpha value is 0.840. The number of halogens is 5. The summed E-state index contributed by atoms with van der Waals surface area (Å²) in [5.74, 6) is -0.456. The van der Waals surface area contributed by atoms with Crippen molar-refractivity contribution in [2.24, 2.45) is 0 Å². The van der Waals surface area contributed by atoms with E-state index in [1.807, 2.05) is 0 Å². The monoisotopic (exact) mass is 706 g/mol. The fourth-order valence-electron chi connectivity index (χ4n) is 1.80. The van der Waals surface area contributed by atoms with Crippen molar-refractivity contribution in [3.05, 3.63) is 5.28 Å². The molecule has 0 spiro atoms. The zero-order chi connectivity index (χ0) is 20.5. The average molecular weight is 708 g/mol. The van der Waals surface area contributed by atoms with Crippen LogP contribution in [0.15, 0.2) is 0 Å². The van der Waals surface area contributed by atoms with E-state index < -0.39 is 37.2 Å². The number of hydrogen-bond acceptors (Lipinski definition) is 9. The minimum absolute atomic E-state index is 0.00527. The minimum atomic E-state index is -3.39. The molecule has 1 aromatic rings. The molecule has 0 saturated heterocycles. The van der Waals surface area contributed by atoms with E-state index in [2.05, 4.69) is 37.1 Å². The van der Waals surface area contributed by atoms with E-state index in [1.54, 1.807) is 0 Å². The summed E-state index contributed by atoms with van der Waals surface area (Å²) >= 11 is 18.7. The van der Waals surface area contributed by atoms with Crippen molar-refractivity contribution in [1.29, 1.82) is 0 Å². The molecule has 9 nitrogen and oxygen atoms in total. The molecule has 1 N–H and O–H groups in total. The van der Waals surface area contributed by atoms with E-state index in [9.17, 15) is 16.8 Å². The molecule has 0 amide bonds. The number of nitrogens with one attached hydrogen (secondary N) is 1. The molecule has 1 heterocycles. The number of hydrogen-bond donors (Lipinski definition) is 1. The molecule has 27 heavy (non-hydrogen) atoms. The van der Waals surface area contributed by atoms with E-state index in [0.29, 0.717) is 0 Å². The van der Waals surface area contributed by atoms with Gasteiger partial charge in [-0.15, -0.1) is 0 Å². The van der Waals surface area contributed by atoms with Crippen molar-refractivity contribution in [2.45, 2.75) is 0 Å². The first-order valence-corrected chi connectivity index (χ1v) is 19.8. The first kappa shape index (κ1) is 25.9. The van der Waals surface area contributed by atoms with Gasteiger partial charge in [-0.3, -0.25) is 0 Å². The molecule has 1 rings (SSSR count). The van der Waals surface area contributed by atoms with Gasteiger partial charge >= 0.3 is 196 Å². The second-order valence-electron chi connectivity index (χ2n) is 5.06. The number of rotatable bonds is 13. The molecule has 0 aromatic carbocycles. The van der Waals surface area contributed by atoms with Gasteiger partial charge in [-0.25, -0.2) is 0 Å². The predicted octanol–water partition coefficient (Wildman–Crippen LogP) is -1.60. The predicted molar refractivity (Wildman–Crippen MR) is 113 cm³/mol. The Balaban J connectivity index is 3.06. The summed E-state index contributed by atoms with van der Waals surface area (Å²) in [6.07, 6.45) is 0. The first-order valence-electron chi connectivity index (χ1n) is 7.32. The van der Waals surface area contributed by atoms with Gasteiger partial charge in [-0.1, -0.05) is 0 Å². The molecule has 0 fully saturated rings. The summed E-state index contributed by atoms with van der Waals surface area (Å²) in [7, 11) is -6.78. The van der Waals surface area contributed by atoms with Crippen LogP contribution in [0.2, 0.25) is 5.28 Å². The molecule has 0 aliphatic carbocycles.